The molecule has 1 aromatic heterocycles. The first-order chi connectivity index (χ1) is 16.4. The minimum absolute atomic E-state index is 0.293. The number of aromatic amines is 1. The zero-order valence-corrected chi connectivity index (χ0v) is 20.4. The minimum Gasteiger partial charge on any atom is -0.497 e. The topological polar surface area (TPSA) is 93.3 Å². The number of methoxy groups -OCH3 is 1. The highest BCUT2D eigenvalue weighted by atomic mass is 32.2. The van der Waals surface area contributed by atoms with Gasteiger partial charge in [-0.15, -0.1) is 0 Å². The second-order valence-corrected chi connectivity index (χ2v) is 9.20. The summed E-state index contributed by atoms with van der Waals surface area (Å²) in [4.78, 5) is 34.0. The van der Waals surface area contributed by atoms with Gasteiger partial charge in [-0.25, -0.2) is 9.78 Å². The number of nitrogens with one attached hydrogen (secondary N) is 2. The molecule has 0 fully saturated rings. The molecule has 0 bridgehead atoms. The average Bonchev–Trinajstić information content (AvgIpc) is 2.82. The number of nitrogens with zero attached hydrogens (tertiary/aromatic N) is 1. The number of aromatic nitrogens is 2. The number of fused-ring (bicyclic) bond motifs is 1. The number of carbonyl (C=O) groups excluding carboxylic acids is 1. The molecule has 0 saturated carbocycles. The lowest BCUT2D eigenvalue weighted by Gasteiger charge is -2.29. The van der Waals surface area contributed by atoms with Crippen molar-refractivity contribution in [3.05, 3.63) is 92.9 Å². The van der Waals surface area contributed by atoms with Gasteiger partial charge in [0.15, 0.2) is 5.16 Å². The lowest BCUT2D eigenvalue weighted by molar-refractivity contribution is -0.143. The van der Waals surface area contributed by atoms with E-state index in [9.17, 15) is 9.59 Å². The van der Waals surface area contributed by atoms with E-state index in [0.29, 0.717) is 39.3 Å². The van der Waals surface area contributed by atoms with E-state index >= 15 is 0 Å². The fraction of sp³-hybridized carbons (Fsp3) is 0.269. The predicted octanol–water partition coefficient (Wildman–Crippen LogP) is 4.85. The summed E-state index contributed by atoms with van der Waals surface area (Å²) in [6.45, 7) is 5.39. The molecule has 7 nitrogen and oxygen atoms in total. The van der Waals surface area contributed by atoms with Crippen LogP contribution in [0.25, 0.3) is 0 Å². The molecule has 1 unspecified atom stereocenters. The Balaban J connectivity index is 1.76. The lowest BCUT2D eigenvalue weighted by Crippen LogP contribution is -2.31. The summed E-state index contributed by atoms with van der Waals surface area (Å²) in [5.41, 5.74) is 2.99. The number of H-pyrrole nitrogens is 1. The first kappa shape index (κ1) is 23.6. The van der Waals surface area contributed by atoms with Crippen molar-refractivity contribution in [1.29, 1.82) is 0 Å². The molecule has 0 saturated heterocycles. The lowest BCUT2D eigenvalue weighted by atomic mass is 9.82. The maximum absolute atomic E-state index is 13.4. The van der Waals surface area contributed by atoms with Gasteiger partial charge in [-0.1, -0.05) is 54.2 Å². The Morgan fingerprint density at radius 1 is 1.12 bits per heavy atom. The molecule has 0 radical (unpaired) electrons. The third kappa shape index (κ3) is 5.02. The molecule has 0 spiro atoms. The number of carbonyl (C=O) groups is 1. The number of rotatable bonds is 7. The second kappa shape index (κ2) is 10.2. The minimum atomic E-state index is -0.627. The van der Waals surface area contributed by atoms with Crippen LogP contribution in [0.5, 0.6) is 5.75 Å². The molecule has 0 amide bonds. The molecule has 2 N–H and O–H groups in total. The molecule has 1 aliphatic rings. The van der Waals surface area contributed by atoms with Crippen molar-refractivity contribution in [2.45, 2.75) is 43.7 Å². The van der Waals surface area contributed by atoms with Crippen LogP contribution in [0.1, 0.15) is 43.4 Å². The zero-order chi connectivity index (χ0) is 24.2. The molecule has 1 atom stereocenters. The van der Waals surface area contributed by atoms with E-state index in [-0.39, 0.29) is 11.7 Å². The quantitative estimate of drug-likeness (QED) is 0.285. The second-order valence-electron chi connectivity index (χ2n) is 8.23. The average molecular weight is 478 g/mol. The Morgan fingerprint density at radius 2 is 1.82 bits per heavy atom. The van der Waals surface area contributed by atoms with E-state index < -0.39 is 11.9 Å². The van der Waals surface area contributed by atoms with Gasteiger partial charge in [-0.3, -0.25) is 4.79 Å². The van der Waals surface area contributed by atoms with Crippen molar-refractivity contribution in [1.82, 2.24) is 9.97 Å². The van der Waals surface area contributed by atoms with Crippen molar-refractivity contribution >= 4 is 23.5 Å². The van der Waals surface area contributed by atoms with Crippen molar-refractivity contribution < 1.29 is 14.3 Å². The van der Waals surface area contributed by atoms with Crippen LogP contribution in [-0.4, -0.2) is 29.2 Å². The van der Waals surface area contributed by atoms with E-state index in [1.54, 1.807) is 27.9 Å². The normalized spacial score (nSPS) is 15.0. The Bertz CT molecular complexity index is 1270. The van der Waals surface area contributed by atoms with Gasteiger partial charge >= 0.3 is 5.97 Å². The predicted molar refractivity (Wildman–Crippen MR) is 133 cm³/mol. The van der Waals surface area contributed by atoms with Gasteiger partial charge in [0.25, 0.3) is 5.56 Å². The monoisotopic (exact) mass is 477 g/mol. The molecule has 4 rings (SSSR count). The van der Waals surface area contributed by atoms with Crippen molar-refractivity contribution in [3.63, 3.8) is 0 Å². The molecule has 2 heterocycles. The van der Waals surface area contributed by atoms with Crippen LogP contribution >= 0.6 is 11.8 Å². The standard InChI is InChI=1S/C26H27N3O4S/c1-15(2)33-25(31)20-16(3)27-23-22(21(20)18-10-12-19(32-4)13-11-18)24(30)29-26(28-23)34-14-17-8-6-5-7-9-17/h5-13,15,21H,14H2,1-4H3,(H2,27,28,29,30). The summed E-state index contributed by atoms with van der Waals surface area (Å²) in [5, 5.41) is 3.68. The van der Waals surface area contributed by atoms with Gasteiger partial charge in [0.1, 0.15) is 11.6 Å². The summed E-state index contributed by atoms with van der Waals surface area (Å²) in [5.74, 6) is 0.709. The molecule has 34 heavy (non-hydrogen) atoms. The van der Waals surface area contributed by atoms with Gasteiger partial charge in [0, 0.05) is 11.4 Å². The fourth-order valence-corrected chi connectivity index (χ4v) is 4.72. The van der Waals surface area contributed by atoms with Crippen molar-refractivity contribution in [2.24, 2.45) is 0 Å². The van der Waals surface area contributed by atoms with Crippen LogP contribution in [0, 0.1) is 0 Å². The molecule has 3 aromatic rings. The van der Waals surface area contributed by atoms with Crippen LogP contribution in [0.4, 0.5) is 5.82 Å². The van der Waals surface area contributed by atoms with Crippen LogP contribution in [0.3, 0.4) is 0 Å². The summed E-state index contributed by atoms with van der Waals surface area (Å²) in [7, 11) is 1.59. The van der Waals surface area contributed by atoms with Crippen molar-refractivity contribution in [2.75, 3.05) is 12.4 Å². The molecule has 8 heteroatoms. The Labute approximate surface area is 202 Å². The van der Waals surface area contributed by atoms with E-state index in [2.05, 4.69) is 15.3 Å². The number of allylic oxidation sites excluding steroid dienone is 1. The largest absolute Gasteiger partial charge is 0.497 e. The van der Waals surface area contributed by atoms with Gasteiger partial charge < -0.3 is 19.8 Å². The molecular weight excluding hydrogens is 450 g/mol. The number of benzene rings is 2. The summed E-state index contributed by atoms with van der Waals surface area (Å²) in [6, 6.07) is 17.3. The summed E-state index contributed by atoms with van der Waals surface area (Å²) < 4.78 is 10.8. The van der Waals surface area contributed by atoms with Crippen LogP contribution in [0.2, 0.25) is 0 Å². The number of ether oxygens (including phenoxy) is 2. The molecule has 0 aliphatic carbocycles. The van der Waals surface area contributed by atoms with Gasteiger partial charge in [0.2, 0.25) is 0 Å². The van der Waals surface area contributed by atoms with Crippen LogP contribution in [0.15, 0.2) is 75.8 Å². The Morgan fingerprint density at radius 3 is 2.47 bits per heavy atom. The van der Waals surface area contributed by atoms with E-state index in [1.807, 2.05) is 54.6 Å². The maximum atomic E-state index is 13.4. The Hall–Kier alpha value is -3.52. The number of hydrogen-bond donors (Lipinski definition) is 2. The molecule has 176 valence electrons. The highest BCUT2D eigenvalue weighted by Gasteiger charge is 2.36. The Kier molecular flexibility index (Phi) is 7.07. The number of esters is 1. The number of hydrogen-bond acceptors (Lipinski definition) is 7. The third-order valence-corrected chi connectivity index (χ3v) is 6.40. The maximum Gasteiger partial charge on any atom is 0.337 e. The summed E-state index contributed by atoms with van der Waals surface area (Å²) in [6.07, 6.45) is -0.293. The van der Waals surface area contributed by atoms with E-state index in [4.69, 9.17) is 9.47 Å². The molecular formula is C26H27N3O4S. The molecule has 2 aromatic carbocycles. The molecule has 1 aliphatic heterocycles. The summed E-state index contributed by atoms with van der Waals surface area (Å²) >= 11 is 1.45. The van der Waals surface area contributed by atoms with Crippen LogP contribution < -0.4 is 15.6 Å². The fourth-order valence-electron chi connectivity index (χ4n) is 3.90. The van der Waals surface area contributed by atoms with Crippen molar-refractivity contribution in [3.8, 4) is 5.75 Å². The highest BCUT2D eigenvalue weighted by molar-refractivity contribution is 7.98. The third-order valence-electron chi connectivity index (χ3n) is 5.45. The van der Waals surface area contributed by atoms with E-state index in [0.717, 1.165) is 11.1 Å². The van der Waals surface area contributed by atoms with E-state index in [1.165, 1.54) is 11.8 Å². The smallest absolute Gasteiger partial charge is 0.337 e. The highest BCUT2D eigenvalue weighted by Crippen LogP contribution is 2.40. The number of thioether (sulfide) groups is 1. The van der Waals surface area contributed by atoms with Gasteiger partial charge in [0.05, 0.1) is 30.3 Å². The van der Waals surface area contributed by atoms with Crippen LogP contribution in [-0.2, 0) is 15.3 Å². The number of anilines is 1. The first-order valence-electron chi connectivity index (χ1n) is 11.0. The van der Waals surface area contributed by atoms with Gasteiger partial charge in [-0.05, 0) is 44.0 Å². The zero-order valence-electron chi connectivity index (χ0n) is 19.5. The first-order valence-corrected chi connectivity index (χ1v) is 12.0. The van der Waals surface area contributed by atoms with Gasteiger partial charge in [-0.2, -0.15) is 0 Å². The SMILES string of the molecule is COc1ccc(C2C(C(=O)OC(C)C)=C(C)Nc3nc(SCc4ccccc4)[nH]c(=O)c32)cc1.